The first-order valence-electron chi connectivity index (χ1n) is 7.14. The second-order valence-corrected chi connectivity index (χ2v) is 5.18. The minimum absolute atomic E-state index is 0.944. The van der Waals surface area contributed by atoms with Crippen LogP contribution in [0.4, 0.5) is 0 Å². The first kappa shape index (κ1) is 11.5. The van der Waals surface area contributed by atoms with Gasteiger partial charge in [0.1, 0.15) is 5.82 Å². The summed E-state index contributed by atoms with van der Waals surface area (Å²) < 4.78 is 2.28. The van der Waals surface area contributed by atoms with Crippen molar-refractivity contribution >= 4 is 11.6 Å². The smallest absolute Gasteiger partial charge is 0.144 e. The van der Waals surface area contributed by atoms with Crippen LogP contribution in [0.2, 0.25) is 0 Å². The highest BCUT2D eigenvalue weighted by molar-refractivity contribution is 5.74. The van der Waals surface area contributed by atoms with Crippen molar-refractivity contribution in [2.24, 2.45) is 0 Å². The van der Waals surface area contributed by atoms with Crippen LogP contribution < -0.4 is 0 Å². The Labute approximate surface area is 118 Å². The SMILES string of the molecule is C1=CC(c2nc3c(n2-c2ccccc2)C=CC3)=CCC1. The molecule has 20 heavy (non-hydrogen) atoms. The van der Waals surface area contributed by atoms with Gasteiger partial charge in [-0.3, -0.25) is 4.57 Å². The van der Waals surface area contributed by atoms with E-state index < -0.39 is 0 Å². The zero-order valence-corrected chi connectivity index (χ0v) is 11.3. The van der Waals surface area contributed by atoms with E-state index in [4.69, 9.17) is 4.98 Å². The minimum Gasteiger partial charge on any atom is -0.293 e. The van der Waals surface area contributed by atoms with Gasteiger partial charge in [-0.15, -0.1) is 0 Å². The second-order valence-electron chi connectivity index (χ2n) is 5.18. The van der Waals surface area contributed by atoms with Crippen LogP contribution in [0, 0.1) is 0 Å². The molecule has 0 unspecified atom stereocenters. The summed E-state index contributed by atoms with van der Waals surface area (Å²) in [5, 5.41) is 0. The third-order valence-electron chi connectivity index (χ3n) is 3.84. The molecule has 98 valence electrons. The highest BCUT2D eigenvalue weighted by atomic mass is 15.1. The Bertz CT molecular complexity index is 730. The van der Waals surface area contributed by atoms with Gasteiger partial charge >= 0.3 is 0 Å². The van der Waals surface area contributed by atoms with Gasteiger partial charge in [-0.1, -0.05) is 42.5 Å². The molecule has 0 fully saturated rings. The van der Waals surface area contributed by atoms with Crippen molar-refractivity contribution in [1.82, 2.24) is 9.55 Å². The number of para-hydroxylation sites is 1. The van der Waals surface area contributed by atoms with E-state index in [-0.39, 0.29) is 0 Å². The number of fused-ring (bicyclic) bond motifs is 1. The second kappa shape index (κ2) is 4.64. The predicted octanol–water partition coefficient (Wildman–Crippen LogP) is 4.18. The van der Waals surface area contributed by atoms with Crippen molar-refractivity contribution in [1.29, 1.82) is 0 Å². The summed E-state index contributed by atoms with van der Waals surface area (Å²) in [5.74, 6) is 1.07. The van der Waals surface area contributed by atoms with Gasteiger partial charge < -0.3 is 0 Å². The Hall–Kier alpha value is -2.35. The molecule has 2 aromatic rings. The lowest BCUT2D eigenvalue weighted by atomic mass is 10.1. The number of hydrogen-bond acceptors (Lipinski definition) is 1. The third kappa shape index (κ3) is 1.76. The van der Waals surface area contributed by atoms with Gasteiger partial charge in [0.2, 0.25) is 0 Å². The van der Waals surface area contributed by atoms with Crippen molar-refractivity contribution in [3.05, 3.63) is 71.8 Å². The molecule has 2 nitrogen and oxygen atoms in total. The van der Waals surface area contributed by atoms with E-state index in [1.165, 1.54) is 22.6 Å². The maximum Gasteiger partial charge on any atom is 0.144 e. The molecule has 0 amide bonds. The van der Waals surface area contributed by atoms with E-state index in [0.29, 0.717) is 0 Å². The van der Waals surface area contributed by atoms with Crippen LogP contribution in [0.15, 0.2) is 54.6 Å². The number of nitrogens with zero attached hydrogens (tertiary/aromatic N) is 2. The molecule has 1 aromatic carbocycles. The average Bonchev–Trinajstić information content (AvgIpc) is 3.09. The molecule has 0 radical (unpaired) electrons. The molecular formula is C18H16N2. The van der Waals surface area contributed by atoms with Gasteiger partial charge in [0.15, 0.2) is 0 Å². The molecule has 4 rings (SSSR count). The number of benzene rings is 1. The lowest BCUT2D eigenvalue weighted by molar-refractivity contribution is 0.990. The first-order chi connectivity index (χ1) is 9.93. The molecule has 2 aliphatic rings. The normalized spacial score (nSPS) is 16.3. The first-order valence-corrected chi connectivity index (χ1v) is 7.14. The maximum absolute atomic E-state index is 4.87. The Morgan fingerprint density at radius 1 is 0.950 bits per heavy atom. The standard InChI is InChI=1S/C18H16N2/c1-3-8-14(9-4-1)18-19-16-12-7-13-17(16)20(18)15-10-5-2-6-11-15/h2-3,5-11,13H,1,4,12H2. The van der Waals surface area contributed by atoms with Crippen LogP contribution in [-0.2, 0) is 6.42 Å². The van der Waals surface area contributed by atoms with Crippen LogP contribution in [-0.4, -0.2) is 9.55 Å². The van der Waals surface area contributed by atoms with Gasteiger partial charge in [-0.25, -0.2) is 4.98 Å². The van der Waals surface area contributed by atoms with Gasteiger partial charge in [-0.2, -0.15) is 0 Å². The highest BCUT2D eigenvalue weighted by Crippen LogP contribution is 2.30. The topological polar surface area (TPSA) is 17.8 Å². The molecule has 0 N–H and O–H groups in total. The molecule has 0 spiro atoms. The monoisotopic (exact) mass is 260 g/mol. The van der Waals surface area contributed by atoms with Crippen LogP contribution >= 0.6 is 0 Å². The molecule has 0 bridgehead atoms. The van der Waals surface area contributed by atoms with E-state index >= 15 is 0 Å². The molecule has 0 aliphatic heterocycles. The number of allylic oxidation sites excluding steroid dienone is 5. The van der Waals surface area contributed by atoms with E-state index in [1.807, 2.05) is 0 Å². The largest absolute Gasteiger partial charge is 0.293 e. The Kier molecular flexibility index (Phi) is 2.66. The molecule has 1 aromatic heterocycles. The fourth-order valence-corrected chi connectivity index (χ4v) is 2.89. The average molecular weight is 260 g/mol. The number of rotatable bonds is 2. The quantitative estimate of drug-likeness (QED) is 0.792. The van der Waals surface area contributed by atoms with E-state index in [1.54, 1.807) is 0 Å². The van der Waals surface area contributed by atoms with Gasteiger partial charge in [-0.05, 0) is 31.1 Å². The van der Waals surface area contributed by atoms with Gasteiger partial charge in [0, 0.05) is 17.7 Å². The Balaban J connectivity index is 1.94. The minimum atomic E-state index is 0.944. The molecule has 0 atom stereocenters. The number of hydrogen-bond donors (Lipinski definition) is 0. The molecule has 2 aliphatic carbocycles. The summed E-state index contributed by atoms with van der Waals surface area (Å²) in [6.45, 7) is 0. The fraction of sp³-hybridized carbons (Fsp3) is 0.167. The van der Waals surface area contributed by atoms with Crippen molar-refractivity contribution in [2.75, 3.05) is 0 Å². The summed E-state index contributed by atoms with van der Waals surface area (Å²) in [4.78, 5) is 4.87. The molecule has 1 heterocycles. The van der Waals surface area contributed by atoms with Crippen LogP contribution in [0.3, 0.4) is 0 Å². The lowest BCUT2D eigenvalue weighted by Crippen LogP contribution is -2.02. The zero-order chi connectivity index (χ0) is 13.4. The zero-order valence-electron chi connectivity index (χ0n) is 11.3. The van der Waals surface area contributed by atoms with Crippen LogP contribution in [0.5, 0.6) is 0 Å². The fourth-order valence-electron chi connectivity index (χ4n) is 2.89. The number of aromatic nitrogens is 2. The third-order valence-corrected chi connectivity index (χ3v) is 3.84. The predicted molar refractivity (Wildman–Crippen MR) is 82.7 cm³/mol. The summed E-state index contributed by atoms with van der Waals surface area (Å²) in [5.41, 5.74) is 4.83. The van der Waals surface area contributed by atoms with Gasteiger partial charge in [0.25, 0.3) is 0 Å². The Morgan fingerprint density at radius 3 is 2.65 bits per heavy atom. The Morgan fingerprint density at radius 2 is 1.85 bits per heavy atom. The van der Waals surface area contributed by atoms with Gasteiger partial charge in [0.05, 0.1) is 11.4 Å². The van der Waals surface area contributed by atoms with Crippen LogP contribution in [0.25, 0.3) is 17.3 Å². The molecule has 0 saturated carbocycles. The van der Waals surface area contributed by atoms with Crippen molar-refractivity contribution in [2.45, 2.75) is 19.3 Å². The molecule has 2 heteroatoms. The summed E-state index contributed by atoms with van der Waals surface area (Å²) in [7, 11) is 0. The van der Waals surface area contributed by atoms with Crippen LogP contribution in [0.1, 0.15) is 30.1 Å². The molecule has 0 saturated heterocycles. The summed E-state index contributed by atoms with van der Waals surface area (Å²) >= 11 is 0. The van der Waals surface area contributed by atoms with E-state index in [0.717, 1.165) is 25.1 Å². The summed E-state index contributed by atoms with van der Waals surface area (Å²) in [6.07, 6.45) is 14.3. The highest BCUT2D eigenvalue weighted by Gasteiger charge is 2.20. The van der Waals surface area contributed by atoms with E-state index in [2.05, 4.69) is 65.3 Å². The van der Waals surface area contributed by atoms with Crippen molar-refractivity contribution < 1.29 is 0 Å². The van der Waals surface area contributed by atoms with Crippen molar-refractivity contribution in [3.8, 4) is 5.69 Å². The summed E-state index contributed by atoms with van der Waals surface area (Å²) in [6, 6.07) is 10.5. The molecular weight excluding hydrogens is 244 g/mol. The van der Waals surface area contributed by atoms with E-state index in [9.17, 15) is 0 Å². The maximum atomic E-state index is 4.87. The number of imidazole rings is 1. The lowest BCUT2D eigenvalue weighted by Gasteiger charge is -2.12. The van der Waals surface area contributed by atoms with Crippen molar-refractivity contribution in [3.63, 3.8) is 0 Å².